The van der Waals surface area contributed by atoms with E-state index in [-0.39, 0.29) is 5.92 Å². The SMILES string of the molecule is C=CCC(CCCC)C1C=CC=CC1=S(=O)=O. The van der Waals surface area contributed by atoms with Crippen LogP contribution >= 0.6 is 0 Å². The third kappa shape index (κ3) is 4.00. The first-order valence-electron chi connectivity index (χ1n) is 6.12. The Morgan fingerprint density at radius 1 is 1.47 bits per heavy atom. The molecule has 0 amide bonds. The van der Waals surface area contributed by atoms with Gasteiger partial charge in [0.05, 0.1) is 4.86 Å². The predicted octanol–water partition coefficient (Wildman–Crippen LogP) is 3.16. The highest BCUT2D eigenvalue weighted by Crippen LogP contribution is 2.27. The van der Waals surface area contributed by atoms with Gasteiger partial charge in [-0.2, -0.15) is 8.42 Å². The zero-order valence-corrected chi connectivity index (χ0v) is 11.1. The van der Waals surface area contributed by atoms with E-state index in [1.54, 1.807) is 12.2 Å². The van der Waals surface area contributed by atoms with Crippen LogP contribution in [0.4, 0.5) is 0 Å². The third-order valence-corrected chi connectivity index (χ3v) is 3.91. The Labute approximate surface area is 105 Å². The van der Waals surface area contributed by atoms with Gasteiger partial charge in [-0.1, -0.05) is 44.1 Å². The summed E-state index contributed by atoms with van der Waals surface area (Å²) >= 11 is 0. The molecule has 0 saturated carbocycles. The molecule has 0 fully saturated rings. The van der Waals surface area contributed by atoms with Crippen LogP contribution < -0.4 is 0 Å². The molecule has 0 bridgehead atoms. The molecule has 2 atom stereocenters. The van der Waals surface area contributed by atoms with Crippen molar-refractivity contribution in [1.82, 2.24) is 0 Å². The van der Waals surface area contributed by atoms with Crippen molar-refractivity contribution in [3.05, 3.63) is 37.0 Å². The van der Waals surface area contributed by atoms with Crippen LogP contribution in [0.15, 0.2) is 37.0 Å². The Morgan fingerprint density at radius 2 is 2.24 bits per heavy atom. The largest absolute Gasteiger partial charge is 0.217 e. The van der Waals surface area contributed by atoms with E-state index in [1.807, 2.05) is 18.2 Å². The molecule has 1 aliphatic carbocycles. The lowest BCUT2D eigenvalue weighted by atomic mass is 9.81. The summed E-state index contributed by atoms with van der Waals surface area (Å²) in [7, 11) is -2.12. The average molecular weight is 252 g/mol. The van der Waals surface area contributed by atoms with Crippen molar-refractivity contribution in [2.75, 3.05) is 0 Å². The molecular weight excluding hydrogens is 232 g/mol. The summed E-state index contributed by atoms with van der Waals surface area (Å²) in [6.45, 7) is 5.92. The maximum Gasteiger partial charge on any atom is 0.217 e. The smallest absolute Gasteiger partial charge is 0.184 e. The van der Waals surface area contributed by atoms with Crippen LogP contribution in [0.1, 0.15) is 32.6 Å². The van der Waals surface area contributed by atoms with Crippen molar-refractivity contribution in [3.8, 4) is 0 Å². The minimum Gasteiger partial charge on any atom is -0.184 e. The number of hydrogen-bond donors (Lipinski definition) is 0. The summed E-state index contributed by atoms with van der Waals surface area (Å²) in [6, 6.07) is 0. The Morgan fingerprint density at radius 3 is 2.82 bits per heavy atom. The molecule has 3 heteroatoms. The lowest BCUT2D eigenvalue weighted by Gasteiger charge is -2.24. The molecule has 94 valence electrons. The van der Waals surface area contributed by atoms with Gasteiger partial charge < -0.3 is 0 Å². The molecule has 0 aromatic carbocycles. The van der Waals surface area contributed by atoms with Crippen LogP contribution in [0.2, 0.25) is 0 Å². The Kier molecular flexibility index (Phi) is 5.98. The second-order valence-electron chi connectivity index (χ2n) is 4.33. The van der Waals surface area contributed by atoms with E-state index < -0.39 is 10.3 Å². The lowest BCUT2D eigenvalue weighted by Crippen LogP contribution is -2.22. The minimum absolute atomic E-state index is 0.0166. The molecule has 0 aromatic heterocycles. The molecule has 0 N–H and O–H groups in total. The predicted molar refractivity (Wildman–Crippen MR) is 73.5 cm³/mol. The van der Waals surface area contributed by atoms with Crippen LogP contribution in [-0.2, 0) is 10.3 Å². The molecule has 0 aliphatic heterocycles. The fourth-order valence-electron chi connectivity index (χ4n) is 2.22. The lowest BCUT2D eigenvalue weighted by molar-refractivity contribution is 0.428. The second-order valence-corrected chi connectivity index (χ2v) is 5.27. The van der Waals surface area contributed by atoms with Crippen LogP contribution in [0.5, 0.6) is 0 Å². The molecule has 0 saturated heterocycles. The standard InChI is InChI=1S/C14H20O2S/c1-3-5-9-12(8-4-2)13-10-6-7-11-14(13)17(15)16/h4,6-7,10-13H,2-3,5,8-9H2,1H3. The number of allylic oxidation sites excluding steroid dienone is 5. The monoisotopic (exact) mass is 252 g/mol. The average Bonchev–Trinajstić information content (AvgIpc) is 2.34. The molecule has 0 aromatic rings. The summed E-state index contributed by atoms with van der Waals surface area (Å²) < 4.78 is 22.4. The van der Waals surface area contributed by atoms with Gasteiger partial charge in [0.15, 0.2) is 0 Å². The first kappa shape index (κ1) is 14.0. The quantitative estimate of drug-likeness (QED) is 0.537. The highest BCUT2D eigenvalue weighted by Gasteiger charge is 2.23. The van der Waals surface area contributed by atoms with E-state index >= 15 is 0 Å². The molecule has 0 heterocycles. The zero-order chi connectivity index (χ0) is 12.7. The first-order chi connectivity index (χ1) is 8.20. The van der Waals surface area contributed by atoms with E-state index in [2.05, 4.69) is 13.5 Å². The molecule has 1 aliphatic rings. The highest BCUT2D eigenvalue weighted by molar-refractivity contribution is 7.73. The van der Waals surface area contributed by atoms with Gasteiger partial charge in [-0.15, -0.1) is 6.58 Å². The summed E-state index contributed by atoms with van der Waals surface area (Å²) in [5.74, 6) is 0.365. The van der Waals surface area contributed by atoms with E-state index in [4.69, 9.17) is 0 Å². The van der Waals surface area contributed by atoms with E-state index in [1.165, 1.54) is 0 Å². The van der Waals surface area contributed by atoms with Crippen molar-refractivity contribution in [3.63, 3.8) is 0 Å². The zero-order valence-electron chi connectivity index (χ0n) is 10.3. The van der Waals surface area contributed by atoms with Gasteiger partial charge in [-0.25, -0.2) is 0 Å². The van der Waals surface area contributed by atoms with Gasteiger partial charge in [0.1, 0.15) is 0 Å². The first-order valence-corrected chi connectivity index (χ1v) is 7.20. The van der Waals surface area contributed by atoms with Crippen molar-refractivity contribution in [2.45, 2.75) is 32.6 Å². The highest BCUT2D eigenvalue weighted by atomic mass is 32.2. The summed E-state index contributed by atoms with van der Waals surface area (Å²) in [6.07, 6.45) is 13.5. The van der Waals surface area contributed by atoms with Gasteiger partial charge in [-0.3, -0.25) is 0 Å². The minimum atomic E-state index is -2.12. The molecular formula is C14H20O2S. The fourth-order valence-corrected chi connectivity index (χ4v) is 2.90. The topological polar surface area (TPSA) is 34.1 Å². The summed E-state index contributed by atoms with van der Waals surface area (Å²) in [4.78, 5) is 0.510. The van der Waals surface area contributed by atoms with Gasteiger partial charge >= 0.3 is 0 Å². The summed E-state index contributed by atoms with van der Waals surface area (Å²) in [5, 5.41) is 0. The van der Waals surface area contributed by atoms with Crippen LogP contribution in [0, 0.1) is 11.8 Å². The van der Waals surface area contributed by atoms with Crippen LogP contribution in [0.3, 0.4) is 0 Å². The molecule has 0 radical (unpaired) electrons. The maximum absolute atomic E-state index is 11.2. The maximum atomic E-state index is 11.2. The van der Waals surface area contributed by atoms with Crippen LogP contribution in [-0.4, -0.2) is 13.3 Å². The second kappa shape index (κ2) is 7.28. The number of hydrogen-bond acceptors (Lipinski definition) is 2. The van der Waals surface area contributed by atoms with Crippen molar-refractivity contribution >= 4 is 15.2 Å². The van der Waals surface area contributed by atoms with E-state index in [9.17, 15) is 8.42 Å². The Balaban J connectivity index is 2.92. The van der Waals surface area contributed by atoms with Crippen molar-refractivity contribution < 1.29 is 8.42 Å². The van der Waals surface area contributed by atoms with Crippen molar-refractivity contribution in [2.24, 2.45) is 11.8 Å². The molecule has 2 nitrogen and oxygen atoms in total. The van der Waals surface area contributed by atoms with E-state index in [0.717, 1.165) is 25.7 Å². The molecule has 2 unspecified atom stereocenters. The number of rotatable bonds is 6. The third-order valence-electron chi connectivity index (χ3n) is 3.12. The van der Waals surface area contributed by atoms with Gasteiger partial charge in [0.25, 0.3) is 0 Å². The fraction of sp³-hybridized carbons (Fsp3) is 0.500. The molecule has 0 spiro atoms. The Bertz CT molecular complexity index is 433. The summed E-state index contributed by atoms with van der Waals surface area (Å²) in [5.41, 5.74) is 0. The molecule has 17 heavy (non-hydrogen) atoms. The number of unbranched alkanes of at least 4 members (excludes halogenated alkanes) is 1. The Hall–Kier alpha value is -1.09. The van der Waals surface area contributed by atoms with Gasteiger partial charge in [0.2, 0.25) is 10.3 Å². The van der Waals surface area contributed by atoms with Crippen LogP contribution in [0.25, 0.3) is 0 Å². The van der Waals surface area contributed by atoms with Gasteiger partial charge in [-0.05, 0) is 24.8 Å². The van der Waals surface area contributed by atoms with E-state index in [0.29, 0.717) is 10.8 Å². The molecule has 1 rings (SSSR count). The van der Waals surface area contributed by atoms with Crippen molar-refractivity contribution in [1.29, 1.82) is 0 Å². The van der Waals surface area contributed by atoms with Gasteiger partial charge in [0, 0.05) is 5.92 Å². The normalized spacial score (nSPS) is 20.3.